The fraction of sp³-hybridized carbons (Fsp3) is 0.273. The summed E-state index contributed by atoms with van der Waals surface area (Å²) in [6, 6.07) is 22.1. The summed E-state index contributed by atoms with van der Waals surface area (Å²) in [7, 11) is 0. The van der Waals surface area contributed by atoms with Crippen molar-refractivity contribution in [1.29, 1.82) is 0 Å². The summed E-state index contributed by atoms with van der Waals surface area (Å²) in [6.45, 7) is 9.17. The molecule has 0 aromatic heterocycles. The zero-order valence-corrected chi connectivity index (χ0v) is 13.9. The minimum atomic E-state index is 0.521. The summed E-state index contributed by atoms with van der Waals surface area (Å²) < 4.78 is 0. The van der Waals surface area contributed by atoms with Crippen molar-refractivity contribution < 1.29 is 0 Å². The lowest BCUT2D eigenvalue weighted by molar-refractivity contribution is 0.792. The van der Waals surface area contributed by atoms with Gasteiger partial charge in [0.1, 0.15) is 0 Å². The molecule has 3 aromatic carbocycles. The highest BCUT2D eigenvalue weighted by molar-refractivity contribution is 5.97. The summed E-state index contributed by atoms with van der Waals surface area (Å²) in [5, 5.41) is 2.65. The Labute approximate surface area is 133 Å². The van der Waals surface area contributed by atoms with Crippen molar-refractivity contribution in [2.75, 3.05) is 0 Å². The maximum Gasteiger partial charge on any atom is -0.0102 e. The Morgan fingerprint density at radius 1 is 0.591 bits per heavy atom. The van der Waals surface area contributed by atoms with E-state index in [-0.39, 0.29) is 0 Å². The van der Waals surface area contributed by atoms with Crippen molar-refractivity contribution in [1.82, 2.24) is 0 Å². The van der Waals surface area contributed by atoms with E-state index >= 15 is 0 Å². The molecule has 0 nitrogen and oxygen atoms in total. The summed E-state index contributed by atoms with van der Waals surface area (Å²) in [4.78, 5) is 0. The molecular formula is C22H24. The summed E-state index contributed by atoms with van der Waals surface area (Å²) in [5.41, 5.74) is 5.71. The molecule has 0 radical (unpaired) electrons. The lowest BCUT2D eigenvalue weighted by Crippen LogP contribution is -2.01. The standard InChI is InChI=1S/C22H24/c1-15(2)18-12-8-14-21(22(18)16(3)4)20-13-7-10-17-9-5-6-11-19(17)20/h5-16H,1-4H3. The van der Waals surface area contributed by atoms with Crippen molar-refractivity contribution in [2.24, 2.45) is 0 Å². The Kier molecular flexibility index (Phi) is 4.02. The first-order chi connectivity index (χ1) is 10.6. The molecule has 0 atom stereocenters. The van der Waals surface area contributed by atoms with Gasteiger partial charge in [0, 0.05) is 0 Å². The van der Waals surface area contributed by atoms with Crippen molar-refractivity contribution in [3.05, 3.63) is 71.8 Å². The molecule has 0 fully saturated rings. The third-order valence-electron chi connectivity index (χ3n) is 4.42. The second kappa shape index (κ2) is 5.96. The van der Waals surface area contributed by atoms with Crippen LogP contribution in [0.1, 0.15) is 50.7 Å². The predicted octanol–water partition coefficient (Wildman–Crippen LogP) is 6.75. The minimum Gasteiger partial charge on any atom is -0.0616 e. The molecule has 3 rings (SSSR count). The van der Waals surface area contributed by atoms with Crippen molar-refractivity contribution in [3.8, 4) is 11.1 Å². The predicted molar refractivity (Wildman–Crippen MR) is 97.6 cm³/mol. The number of hydrogen-bond donors (Lipinski definition) is 0. The van der Waals surface area contributed by atoms with Crippen LogP contribution in [0.15, 0.2) is 60.7 Å². The van der Waals surface area contributed by atoms with Crippen LogP contribution < -0.4 is 0 Å². The monoisotopic (exact) mass is 288 g/mol. The second-order valence-corrected chi connectivity index (χ2v) is 6.64. The van der Waals surface area contributed by atoms with Crippen molar-refractivity contribution in [3.63, 3.8) is 0 Å². The Hall–Kier alpha value is -2.08. The fourth-order valence-electron chi connectivity index (χ4n) is 3.43. The van der Waals surface area contributed by atoms with Crippen LogP contribution >= 0.6 is 0 Å². The van der Waals surface area contributed by atoms with Gasteiger partial charge in [0.25, 0.3) is 0 Å². The molecule has 0 bridgehead atoms. The average Bonchev–Trinajstić information content (AvgIpc) is 2.53. The number of benzene rings is 3. The van der Waals surface area contributed by atoms with E-state index in [9.17, 15) is 0 Å². The minimum absolute atomic E-state index is 0.521. The zero-order chi connectivity index (χ0) is 15.7. The van der Waals surface area contributed by atoms with Gasteiger partial charge in [-0.05, 0) is 44.9 Å². The molecule has 0 spiro atoms. The van der Waals surface area contributed by atoms with Crippen LogP contribution in [0.25, 0.3) is 21.9 Å². The Bertz CT molecular complexity index is 789. The van der Waals surface area contributed by atoms with Gasteiger partial charge in [-0.25, -0.2) is 0 Å². The molecule has 0 unspecified atom stereocenters. The normalized spacial score (nSPS) is 11.5. The van der Waals surface area contributed by atoms with E-state index < -0.39 is 0 Å². The molecular weight excluding hydrogens is 264 g/mol. The maximum absolute atomic E-state index is 2.30. The third kappa shape index (κ3) is 2.54. The first-order valence-electron chi connectivity index (χ1n) is 8.20. The molecule has 0 aliphatic carbocycles. The van der Waals surface area contributed by atoms with Crippen LogP contribution in [0.4, 0.5) is 0 Å². The first-order valence-corrected chi connectivity index (χ1v) is 8.20. The van der Waals surface area contributed by atoms with Gasteiger partial charge < -0.3 is 0 Å². The van der Waals surface area contributed by atoms with Crippen LogP contribution in [-0.2, 0) is 0 Å². The number of fused-ring (bicyclic) bond motifs is 1. The van der Waals surface area contributed by atoms with Gasteiger partial charge in [-0.15, -0.1) is 0 Å². The highest BCUT2D eigenvalue weighted by atomic mass is 14.2. The van der Waals surface area contributed by atoms with E-state index in [2.05, 4.69) is 88.4 Å². The Morgan fingerprint density at radius 3 is 1.95 bits per heavy atom. The van der Waals surface area contributed by atoms with Gasteiger partial charge in [0.15, 0.2) is 0 Å². The van der Waals surface area contributed by atoms with E-state index in [0.29, 0.717) is 11.8 Å². The molecule has 0 heteroatoms. The molecule has 0 N–H and O–H groups in total. The molecule has 0 heterocycles. The summed E-state index contributed by atoms with van der Waals surface area (Å²) >= 11 is 0. The van der Waals surface area contributed by atoms with Crippen LogP contribution in [-0.4, -0.2) is 0 Å². The second-order valence-electron chi connectivity index (χ2n) is 6.64. The molecule has 0 aliphatic rings. The smallest absolute Gasteiger partial charge is 0.0102 e. The largest absolute Gasteiger partial charge is 0.0616 e. The van der Waals surface area contributed by atoms with Crippen LogP contribution in [0, 0.1) is 0 Å². The first kappa shape index (κ1) is 14.8. The molecule has 3 aromatic rings. The van der Waals surface area contributed by atoms with Crippen LogP contribution in [0.5, 0.6) is 0 Å². The van der Waals surface area contributed by atoms with Gasteiger partial charge in [0.2, 0.25) is 0 Å². The third-order valence-corrected chi connectivity index (χ3v) is 4.42. The van der Waals surface area contributed by atoms with Crippen molar-refractivity contribution >= 4 is 10.8 Å². The van der Waals surface area contributed by atoms with Gasteiger partial charge in [-0.2, -0.15) is 0 Å². The van der Waals surface area contributed by atoms with Gasteiger partial charge in [-0.1, -0.05) is 88.4 Å². The lowest BCUT2D eigenvalue weighted by Gasteiger charge is -2.21. The van der Waals surface area contributed by atoms with Crippen molar-refractivity contribution in [2.45, 2.75) is 39.5 Å². The van der Waals surface area contributed by atoms with Crippen LogP contribution in [0.2, 0.25) is 0 Å². The van der Waals surface area contributed by atoms with E-state index in [1.807, 2.05) is 0 Å². The molecule has 112 valence electrons. The average molecular weight is 288 g/mol. The van der Waals surface area contributed by atoms with Crippen LogP contribution in [0.3, 0.4) is 0 Å². The number of rotatable bonds is 3. The zero-order valence-electron chi connectivity index (χ0n) is 13.9. The Morgan fingerprint density at radius 2 is 1.23 bits per heavy atom. The van der Waals surface area contributed by atoms with Gasteiger partial charge in [0.05, 0.1) is 0 Å². The SMILES string of the molecule is CC(C)c1cccc(-c2cccc3ccccc23)c1C(C)C. The summed E-state index contributed by atoms with van der Waals surface area (Å²) in [6.07, 6.45) is 0. The molecule has 22 heavy (non-hydrogen) atoms. The van der Waals surface area contributed by atoms with E-state index in [0.717, 1.165) is 0 Å². The van der Waals surface area contributed by atoms with E-state index in [4.69, 9.17) is 0 Å². The highest BCUT2D eigenvalue weighted by Gasteiger charge is 2.16. The molecule has 0 amide bonds. The summed E-state index contributed by atoms with van der Waals surface area (Å²) in [5.74, 6) is 1.07. The maximum atomic E-state index is 2.30. The highest BCUT2D eigenvalue weighted by Crippen LogP contribution is 2.38. The van der Waals surface area contributed by atoms with Gasteiger partial charge in [-0.3, -0.25) is 0 Å². The number of hydrogen-bond acceptors (Lipinski definition) is 0. The lowest BCUT2D eigenvalue weighted by atomic mass is 9.83. The molecule has 0 aliphatic heterocycles. The Balaban J connectivity index is 2.34. The van der Waals surface area contributed by atoms with E-state index in [1.54, 1.807) is 0 Å². The molecule has 0 saturated carbocycles. The van der Waals surface area contributed by atoms with E-state index in [1.165, 1.54) is 33.0 Å². The fourth-order valence-corrected chi connectivity index (χ4v) is 3.43. The molecule has 0 saturated heterocycles. The van der Waals surface area contributed by atoms with Gasteiger partial charge >= 0.3 is 0 Å². The topological polar surface area (TPSA) is 0 Å². The quantitative estimate of drug-likeness (QED) is 0.500.